The van der Waals surface area contributed by atoms with Gasteiger partial charge in [0.1, 0.15) is 6.10 Å². The number of nitrogens with zero attached hydrogens (tertiary/aromatic N) is 1. The smallest absolute Gasteiger partial charge is 0.310 e. The first-order valence-corrected chi connectivity index (χ1v) is 6.27. The van der Waals surface area contributed by atoms with E-state index in [0.29, 0.717) is 0 Å². The van der Waals surface area contributed by atoms with Gasteiger partial charge in [-0.3, -0.25) is 9.59 Å². The van der Waals surface area contributed by atoms with Crippen LogP contribution in [0.5, 0.6) is 0 Å². The molecule has 1 N–H and O–H groups in total. The molecule has 3 atom stereocenters. The molecule has 0 heterocycles. The average molecular weight is 277 g/mol. The molecule has 1 rings (SSSR count). The maximum Gasteiger partial charge on any atom is 0.310 e. The average Bonchev–Trinajstić information content (AvgIpc) is 2.83. The minimum absolute atomic E-state index is 0.0606. The number of carbonyl (C=O) groups is 2. The molecule has 5 nitrogen and oxygen atoms in total. The van der Waals surface area contributed by atoms with E-state index in [-0.39, 0.29) is 12.0 Å². The Morgan fingerprint density at radius 2 is 2.10 bits per heavy atom. The number of nitriles is 1. The van der Waals surface area contributed by atoms with Crippen molar-refractivity contribution in [3.63, 3.8) is 0 Å². The van der Waals surface area contributed by atoms with Gasteiger partial charge in [-0.25, -0.2) is 0 Å². The molecule has 0 radical (unpaired) electrons. The summed E-state index contributed by atoms with van der Waals surface area (Å²) >= 11 is 0. The Bertz CT molecular complexity index is 514. The van der Waals surface area contributed by atoms with Crippen molar-refractivity contribution in [1.29, 1.82) is 5.26 Å². The van der Waals surface area contributed by atoms with E-state index < -0.39 is 34.8 Å². The molecule has 0 aromatic rings. The molecule has 0 aromatic carbocycles. The topological polar surface area (TPSA) is 87.4 Å². The molecule has 0 aromatic heterocycles. The highest BCUT2D eigenvalue weighted by Gasteiger charge is 2.78. The Kier molecular flexibility index (Phi) is 4.09. The zero-order chi connectivity index (χ0) is 15.7. The van der Waals surface area contributed by atoms with Gasteiger partial charge in [-0.05, 0) is 11.8 Å². The van der Waals surface area contributed by atoms with E-state index in [9.17, 15) is 14.7 Å². The molecule has 0 saturated heterocycles. The number of ether oxygens (including phenoxy) is 1. The van der Waals surface area contributed by atoms with Gasteiger partial charge in [0.2, 0.25) is 0 Å². The number of hydrogen-bond acceptors (Lipinski definition) is 4. The lowest BCUT2D eigenvalue weighted by Gasteiger charge is -2.18. The van der Waals surface area contributed by atoms with Crippen LogP contribution in [0, 0.1) is 28.1 Å². The summed E-state index contributed by atoms with van der Waals surface area (Å²) in [5.74, 6) is -2.04. The number of carboxylic acid groups (broad SMARTS) is 1. The van der Waals surface area contributed by atoms with Crippen LogP contribution in [0.4, 0.5) is 0 Å². The van der Waals surface area contributed by atoms with Crippen LogP contribution in [0.15, 0.2) is 24.8 Å². The summed E-state index contributed by atoms with van der Waals surface area (Å²) in [6.45, 7) is 12.0. The van der Waals surface area contributed by atoms with E-state index in [1.807, 2.05) is 6.07 Å². The molecule has 0 aliphatic heterocycles. The van der Waals surface area contributed by atoms with Crippen LogP contribution in [-0.2, 0) is 14.3 Å². The third-order valence-electron chi connectivity index (χ3n) is 4.31. The van der Waals surface area contributed by atoms with E-state index in [1.165, 1.54) is 13.0 Å². The van der Waals surface area contributed by atoms with Gasteiger partial charge in [-0.1, -0.05) is 26.5 Å². The minimum atomic E-state index is -1.09. The molecule has 5 heteroatoms. The quantitative estimate of drug-likeness (QED) is 0.457. The van der Waals surface area contributed by atoms with Crippen molar-refractivity contribution in [3.8, 4) is 6.07 Å². The third kappa shape index (κ3) is 2.11. The lowest BCUT2D eigenvalue weighted by atomic mass is 9.91. The van der Waals surface area contributed by atoms with Crippen molar-refractivity contribution in [2.45, 2.75) is 33.3 Å². The zero-order valence-electron chi connectivity index (χ0n) is 12.0. The van der Waals surface area contributed by atoms with E-state index in [0.717, 1.165) is 0 Å². The molecular weight excluding hydrogens is 258 g/mol. The van der Waals surface area contributed by atoms with Gasteiger partial charge in [0.15, 0.2) is 0 Å². The van der Waals surface area contributed by atoms with E-state index in [1.54, 1.807) is 13.8 Å². The summed E-state index contributed by atoms with van der Waals surface area (Å²) in [6, 6.07) is 1.86. The summed E-state index contributed by atoms with van der Waals surface area (Å²) < 4.78 is 5.16. The molecule has 0 bridgehead atoms. The largest absolute Gasteiger partial charge is 0.481 e. The molecule has 1 aliphatic rings. The Labute approximate surface area is 118 Å². The fraction of sp³-hybridized carbons (Fsp3) is 0.533. The van der Waals surface area contributed by atoms with Crippen molar-refractivity contribution in [3.05, 3.63) is 24.8 Å². The highest BCUT2D eigenvalue weighted by atomic mass is 16.5. The summed E-state index contributed by atoms with van der Waals surface area (Å²) in [4.78, 5) is 22.9. The van der Waals surface area contributed by atoms with Gasteiger partial charge in [-0.15, -0.1) is 6.58 Å². The maximum atomic E-state index is 11.7. The van der Waals surface area contributed by atoms with Crippen LogP contribution < -0.4 is 0 Å². The van der Waals surface area contributed by atoms with Crippen molar-refractivity contribution < 1.29 is 19.4 Å². The van der Waals surface area contributed by atoms with Crippen LogP contribution in [-0.4, -0.2) is 23.1 Å². The Morgan fingerprint density at radius 3 is 2.45 bits per heavy atom. The summed E-state index contributed by atoms with van der Waals surface area (Å²) in [5, 5.41) is 18.6. The highest BCUT2D eigenvalue weighted by Crippen LogP contribution is 2.73. The predicted molar refractivity (Wildman–Crippen MR) is 72.5 cm³/mol. The number of carboxylic acids is 1. The van der Waals surface area contributed by atoms with Crippen LogP contribution in [0.25, 0.3) is 0 Å². The number of esters is 1. The molecule has 1 aliphatic carbocycles. The van der Waals surface area contributed by atoms with Gasteiger partial charge in [0, 0.05) is 12.8 Å². The third-order valence-corrected chi connectivity index (χ3v) is 4.31. The standard InChI is InChI=1S/C15H19NO4/c1-6-7-15(13(18)19)12(14(15,4)5)11(9(2)8-16)20-10(3)17/h6,11-12H,1-2,7H2,3-5H3,(H,18,19). The molecule has 0 amide bonds. The van der Waals surface area contributed by atoms with Crippen LogP contribution in [0.3, 0.4) is 0 Å². The van der Waals surface area contributed by atoms with Crippen LogP contribution in [0.2, 0.25) is 0 Å². The summed E-state index contributed by atoms with van der Waals surface area (Å²) in [7, 11) is 0. The summed E-state index contributed by atoms with van der Waals surface area (Å²) in [6.07, 6.45) is 0.871. The summed E-state index contributed by atoms with van der Waals surface area (Å²) in [5.41, 5.74) is -1.65. The second-order valence-corrected chi connectivity index (χ2v) is 5.64. The van der Waals surface area contributed by atoms with Gasteiger partial charge < -0.3 is 9.84 Å². The molecular formula is C15H19NO4. The van der Waals surface area contributed by atoms with Crippen molar-refractivity contribution in [2.75, 3.05) is 0 Å². The second kappa shape index (κ2) is 5.12. The number of rotatable bonds is 6. The SMILES string of the molecule is C=CCC1(C(=O)O)C(C(OC(C)=O)C(=C)C#N)C1(C)C. The van der Waals surface area contributed by atoms with E-state index in [2.05, 4.69) is 13.2 Å². The number of aliphatic carboxylic acids is 1. The highest BCUT2D eigenvalue weighted by molar-refractivity contribution is 5.82. The van der Waals surface area contributed by atoms with Gasteiger partial charge >= 0.3 is 11.9 Å². The van der Waals surface area contributed by atoms with Gasteiger partial charge in [-0.2, -0.15) is 5.26 Å². The Balaban J connectivity index is 3.24. The van der Waals surface area contributed by atoms with Crippen molar-refractivity contribution >= 4 is 11.9 Å². The van der Waals surface area contributed by atoms with Gasteiger partial charge in [0.25, 0.3) is 0 Å². The normalized spacial score (nSPS) is 27.8. The first kappa shape index (κ1) is 16.0. The van der Waals surface area contributed by atoms with E-state index >= 15 is 0 Å². The van der Waals surface area contributed by atoms with Crippen molar-refractivity contribution in [1.82, 2.24) is 0 Å². The van der Waals surface area contributed by atoms with Crippen molar-refractivity contribution in [2.24, 2.45) is 16.7 Å². The minimum Gasteiger partial charge on any atom is -0.481 e. The molecule has 1 saturated carbocycles. The molecule has 0 spiro atoms. The first-order valence-electron chi connectivity index (χ1n) is 6.27. The fourth-order valence-electron chi connectivity index (χ4n) is 3.23. The molecule has 20 heavy (non-hydrogen) atoms. The number of hydrogen-bond donors (Lipinski definition) is 1. The number of carbonyl (C=O) groups excluding carboxylic acids is 1. The molecule has 108 valence electrons. The second-order valence-electron chi connectivity index (χ2n) is 5.64. The lowest BCUT2D eigenvalue weighted by Crippen LogP contribution is -2.27. The Morgan fingerprint density at radius 1 is 1.55 bits per heavy atom. The monoisotopic (exact) mass is 277 g/mol. The van der Waals surface area contributed by atoms with Crippen LogP contribution >= 0.6 is 0 Å². The first-order chi connectivity index (χ1) is 9.16. The lowest BCUT2D eigenvalue weighted by molar-refractivity contribution is -0.150. The van der Waals surface area contributed by atoms with Crippen LogP contribution in [0.1, 0.15) is 27.2 Å². The zero-order valence-corrected chi connectivity index (χ0v) is 12.0. The fourth-order valence-corrected chi connectivity index (χ4v) is 3.23. The molecule has 3 unspecified atom stereocenters. The Hall–Kier alpha value is -2.09. The number of allylic oxidation sites excluding steroid dienone is 1. The van der Waals surface area contributed by atoms with E-state index in [4.69, 9.17) is 10.00 Å². The maximum absolute atomic E-state index is 11.7. The predicted octanol–water partition coefficient (Wildman–Crippen LogP) is 2.30. The molecule has 1 fully saturated rings. The van der Waals surface area contributed by atoms with Gasteiger partial charge in [0.05, 0.1) is 17.1 Å².